The molecule has 2 unspecified atom stereocenters. The third-order valence-corrected chi connectivity index (χ3v) is 11.6. The zero-order chi connectivity index (χ0) is 40.1. The maximum atomic E-state index is 13.7. The summed E-state index contributed by atoms with van der Waals surface area (Å²) >= 11 is 6.51. The first kappa shape index (κ1) is 37.1. The van der Waals surface area contributed by atoms with Crippen LogP contribution in [0.5, 0.6) is 11.5 Å². The summed E-state index contributed by atoms with van der Waals surface area (Å²) in [6, 6.07) is 22.2. The van der Waals surface area contributed by atoms with Crippen LogP contribution in [0.2, 0.25) is 5.02 Å². The summed E-state index contributed by atoms with van der Waals surface area (Å²) in [7, 11) is 1.85. The predicted octanol–water partition coefficient (Wildman–Crippen LogP) is 5.77. The Morgan fingerprint density at radius 1 is 0.966 bits per heavy atom. The van der Waals surface area contributed by atoms with Gasteiger partial charge in [-0.3, -0.25) is 29.2 Å². The van der Waals surface area contributed by atoms with Gasteiger partial charge in [-0.2, -0.15) is 5.10 Å². The number of carbonyl (C=O) groups is 4. The number of H-pyrrole nitrogens is 1. The fourth-order valence-electron chi connectivity index (χ4n) is 8.34. The molecule has 4 amide bonds. The number of ether oxygens (including phenoxy) is 1. The van der Waals surface area contributed by atoms with Crippen molar-refractivity contribution < 1.29 is 23.9 Å². The van der Waals surface area contributed by atoms with E-state index < -0.39 is 0 Å². The van der Waals surface area contributed by atoms with Crippen LogP contribution in [0.1, 0.15) is 56.3 Å². The molecule has 3 saturated heterocycles. The average Bonchev–Trinajstić information content (AvgIpc) is 4.01. The van der Waals surface area contributed by atoms with Crippen LogP contribution in [0.15, 0.2) is 85.2 Å². The third kappa shape index (κ3) is 7.26. The molecule has 3 N–H and O–H groups in total. The van der Waals surface area contributed by atoms with Crippen molar-refractivity contribution >= 4 is 52.1 Å². The first-order valence-electron chi connectivity index (χ1n) is 19.2. The van der Waals surface area contributed by atoms with Gasteiger partial charge in [0.05, 0.1) is 23.4 Å². The zero-order valence-electron chi connectivity index (χ0n) is 31.9. The number of fused-ring (bicyclic) bond motifs is 2. The fraction of sp³-hybridized carbons (Fsp3) is 0.279. The number of imidazole rings is 1. The first-order valence-corrected chi connectivity index (χ1v) is 19.6. The number of pyridine rings is 1. The second kappa shape index (κ2) is 15.1. The summed E-state index contributed by atoms with van der Waals surface area (Å²) in [5.41, 5.74) is 6.53. The molecule has 58 heavy (non-hydrogen) atoms. The molecule has 0 saturated carbocycles. The number of aryl methyl sites for hydroxylation is 2. The van der Waals surface area contributed by atoms with Crippen LogP contribution in [-0.2, 0) is 23.2 Å². The molecule has 0 aliphatic carbocycles. The summed E-state index contributed by atoms with van der Waals surface area (Å²) in [6.07, 6.45) is 4.25. The molecule has 6 heterocycles. The molecule has 3 aliphatic rings. The summed E-state index contributed by atoms with van der Waals surface area (Å²) in [5, 5.41) is 10.1. The summed E-state index contributed by atoms with van der Waals surface area (Å²) in [6.45, 7) is 5.22. The van der Waals surface area contributed by atoms with Gasteiger partial charge in [0.15, 0.2) is 11.4 Å². The SMILES string of the molecule is Cc1nn(C)cc1-c1nc2ncc(Cl)c(Oc3ccc(C(=O)NCc4cccc(C(=O)N5CC6CN(c7ccc([C@@H]8CCC(=O)NC8=O)cc7)CC6C5)c4)cc3)c2[nH]1. The largest absolute Gasteiger partial charge is 0.453 e. The molecular formula is C43H40ClN9O5. The minimum atomic E-state index is -0.300. The Bertz CT molecular complexity index is 2570. The molecular weight excluding hydrogens is 758 g/mol. The molecule has 9 rings (SSSR count). The fourth-order valence-corrected chi connectivity index (χ4v) is 8.53. The van der Waals surface area contributed by atoms with Crippen molar-refractivity contribution in [3.8, 4) is 22.9 Å². The van der Waals surface area contributed by atoms with Crippen molar-refractivity contribution in [1.82, 2.24) is 40.3 Å². The summed E-state index contributed by atoms with van der Waals surface area (Å²) in [4.78, 5) is 67.2. The minimum absolute atomic E-state index is 0.0107. The molecule has 0 bridgehead atoms. The van der Waals surface area contributed by atoms with Gasteiger partial charge < -0.3 is 24.8 Å². The van der Waals surface area contributed by atoms with E-state index in [0.29, 0.717) is 82.4 Å². The number of nitrogens with one attached hydrogen (secondary N) is 3. The topological polar surface area (TPSA) is 167 Å². The van der Waals surface area contributed by atoms with E-state index in [-0.39, 0.29) is 36.1 Å². The monoisotopic (exact) mass is 797 g/mol. The maximum Gasteiger partial charge on any atom is 0.253 e. The first-order chi connectivity index (χ1) is 28.1. The Labute approximate surface area is 338 Å². The van der Waals surface area contributed by atoms with Crippen molar-refractivity contribution in [2.75, 3.05) is 31.1 Å². The number of amides is 4. The molecule has 3 atom stereocenters. The maximum absolute atomic E-state index is 13.7. The van der Waals surface area contributed by atoms with E-state index in [9.17, 15) is 19.2 Å². The van der Waals surface area contributed by atoms with Crippen LogP contribution < -0.4 is 20.3 Å². The Balaban J connectivity index is 0.780. The number of imide groups is 1. The van der Waals surface area contributed by atoms with Crippen molar-refractivity contribution in [2.45, 2.75) is 32.2 Å². The van der Waals surface area contributed by atoms with Crippen LogP contribution in [0, 0.1) is 18.8 Å². The van der Waals surface area contributed by atoms with E-state index in [0.717, 1.165) is 41.2 Å². The molecule has 3 aromatic heterocycles. The number of hydrogen-bond acceptors (Lipinski definition) is 9. The molecule has 294 valence electrons. The van der Waals surface area contributed by atoms with Crippen molar-refractivity contribution in [1.29, 1.82) is 0 Å². The number of piperidine rings is 1. The number of rotatable bonds is 9. The Morgan fingerprint density at radius 2 is 1.72 bits per heavy atom. The molecule has 3 aromatic carbocycles. The Kier molecular flexibility index (Phi) is 9.64. The Hall–Kier alpha value is -6.54. The number of likely N-dealkylation sites (tertiary alicyclic amines) is 1. The minimum Gasteiger partial charge on any atom is -0.453 e. The van der Waals surface area contributed by atoms with Crippen LogP contribution in [0.3, 0.4) is 0 Å². The van der Waals surface area contributed by atoms with E-state index in [1.165, 1.54) is 6.20 Å². The van der Waals surface area contributed by atoms with E-state index >= 15 is 0 Å². The molecule has 3 fully saturated rings. The number of aromatic amines is 1. The van der Waals surface area contributed by atoms with Gasteiger partial charge in [-0.25, -0.2) is 9.97 Å². The second-order valence-electron chi connectivity index (χ2n) is 15.3. The molecule has 3 aliphatic heterocycles. The van der Waals surface area contributed by atoms with Gasteiger partial charge in [0.25, 0.3) is 11.8 Å². The second-order valence-corrected chi connectivity index (χ2v) is 15.7. The number of benzene rings is 3. The summed E-state index contributed by atoms with van der Waals surface area (Å²) < 4.78 is 7.89. The average molecular weight is 798 g/mol. The van der Waals surface area contributed by atoms with Crippen LogP contribution in [0.25, 0.3) is 22.6 Å². The van der Waals surface area contributed by atoms with E-state index in [2.05, 4.69) is 47.7 Å². The van der Waals surface area contributed by atoms with E-state index in [4.69, 9.17) is 16.3 Å². The highest BCUT2D eigenvalue weighted by atomic mass is 35.5. The van der Waals surface area contributed by atoms with Gasteiger partial charge in [-0.05, 0) is 73.0 Å². The van der Waals surface area contributed by atoms with Crippen molar-refractivity contribution in [3.63, 3.8) is 0 Å². The van der Waals surface area contributed by atoms with Gasteiger partial charge >= 0.3 is 0 Å². The Morgan fingerprint density at radius 3 is 2.43 bits per heavy atom. The van der Waals surface area contributed by atoms with Gasteiger partial charge in [0.1, 0.15) is 22.1 Å². The highest BCUT2D eigenvalue weighted by molar-refractivity contribution is 6.32. The highest BCUT2D eigenvalue weighted by Crippen LogP contribution is 2.37. The lowest BCUT2D eigenvalue weighted by atomic mass is 9.90. The van der Waals surface area contributed by atoms with Crippen molar-refractivity contribution in [3.05, 3.63) is 118 Å². The molecule has 0 spiro atoms. The molecule has 15 heteroatoms. The van der Waals surface area contributed by atoms with E-state index in [1.54, 1.807) is 28.9 Å². The van der Waals surface area contributed by atoms with E-state index in [1.807, 2.05) is 61.5 Å². The zero-order valence-corrected chi connectivity index (χ0v) is 32.6. The lowest BCUT2D eigenvalue weighted by Crippen LogP contribution is -2.39. The lowest BCUT2D eigenvalue weighted by molar-refractivity contribution is -0.134. The van der Waals surface area contributed by atoms with Crippen LogP contribution in [-0.4, -0.2) is 79.4 Å². The number of hydrogen-bond donors (Lipinski definition) is 3. The quantitative estimate of drug-likeness (QED) is 0.154. The molecule has 14 nitrogen and oxygen atoms in total. The number of nitrogens with zero attached hydrogens (tertiary/aromatic N) is 6. The number of carbonyl (C=O) groups excluding carboxylic acids is 4. The molecule has 6 aromatic rings. The van der Waals surface area contributed by atoms with Gasteiger partial charge in [0, 0.05) is 81.0 Å². The third-order valence-electron chi connectivity index (χ3n) is 11.3. The normalized spacial score (nSPS) is 19.1. The molecule has 0 radical (unpaired) electrons. The van der Waals surface area contributed by atoms with Gasteiger partial charge in [-0.15, -0.1) is 0 Å². The number of aromatic nitrogens is 5. The predicted molar refractivity (Wildman–Crippen MR) is 217 cm³/mol. The van der Waals surface area contributed by atoms with Gasteiger partial charge in [0.2, 0.25) is 11.8 Å². The highest BCUT2D eigenvalue weighted by Gasteiger charge is 2.42. The van der Waals surface area contributed by atoms with Crippen LogP contribution in [0.4, 0.5) is 5.69 Å². The summed E-state index contributed by atoms with van der Waals surface area (Å²) in [5.74, 6) is 1.15. The van der Waals surface area contributed by atoms with Gasteiger partial charge in [-0.1, -0.05) is 35.9 Å². The smallest absolute Gasteiger partial charge is 0.253 e. The van der Waals surface area contributed by atoms with Crippen molar-refractivity contribution in [2.24, 2.45) is 18.9 Å². The van der Waals surface area contributed by atoms with Crippen LogP contribution >= 0.6 is 11.6 Å². The lowest BCUT2D eigenvalue weighted by Gasteiger charge is -2.25. The number of anilines is 1. The number of halogens is 1. The standard InChI is InChI=1S/C43H40ClN9O5/c1-24-34(23-51(2)50-24)39-48-37-38(35(44)18-45-40(37)49-39)58-32-12-8-27(9-13-32)41(55)46-17-25-4-3-5-28(16-25)43(57)53-21-29-19-52(20-30(29)22-53)31-10-6-26(7-11-31)33-14-15-36(54)47-42(33)56/h3-13,16,18,23,29-30,33H,14-15,17,19-22H2,1-2H3,(H,46,55)(H,45,48,49)(H,47,54,56)/t29?,30?,33-/m0/s1.